The molecule has 24 aromatic rings. The van der Waals surface area contributed by atoms with E-state index in [1.807, 2.05) is 121 Å². The minimum atomic E-state index is 0.548. The van der Waals surface area contributed by atoms with Crippen LogP contribution in [0.3, 0.4) is 0 Å². The maximum absolute atomic E-state index is 6.53. The molecule has 0 N–H and O–H groups in total. The molecule has 8 aromatic heterocycles. The number of fused-ring (bicyclic) bond motifs is 20. The second-order valence-electron chi connectivity index (χ2n) is 28.7. The van der Waals surface area contributed by atoms with Gasteiger partial charge in [0.1, 0.15) is 44.7 Å². The Morgan fingerprint density at radius 1 is 0.175 bits per heavy atom. The quantitative estimate of drug-likeness (QED) is 0.130. The highest BCUT2D eigenvalue weighted by molar-refractivity contribution is 6.29. The molecular weight excluding hydrogens is 1400 g/mol. The summed E-state index contributed by atoms with van der Waals surface area (Å²) < 4.78 is 30.1. The second kappa shape index (κ2) is 26.0. The van der Waals surface area contributed by atoms with Crippen molar-refractivity contribution < 1.29 is 17.7 Å². The van der Waals surface area contributed by atoms with Gasteiger partial charge in [0.25, 0.3) is 0 Å². The highest BCUT2D eigenvalue weighted by Crippen LogP contribution is 2.47. The lowest BCUT2D eigenvalue weighted by atomic mass is 9.98. The van der Waals surface area contributed by atoms with Gasteiger partial charge in [0, 0.05) is 92.5 Å². The first kappa shape index (κ1) is 64.3. The third-order valence-corrected chi connectivity index (χ3v) is 22.2. The third-order valence-electron chi connectivity index (χ3n) is 22.2. The molecule has 16 aromatic carbocycles. The largest absolute Gasteiger partial charge is 0.456 e. The molecule has 114 heavy (non-hydrogen) atoms. The van der Waals surface area contributed by atoms with E-state index in [0.717, 1.165) is 187 Å². The number of furan rings is 4. The molecule has 0 fully saturated rings. The van der Waals surface area contributed by atoms with Crippen LogP contribution in [0.1, 0.15) is 0 Å². The molecule has 0 radical (unpaired) electrons. The van der Waals surface area contributed by atoms with Crippen LogP contribution in [0.4, 0.5) is 0 Å². The molecule has 8 heterocycles. The van der Waals surface area contributed by atoms with Gasteiger partial charge in [-0.1, -0.05) is 267 Å². The molecule has 0 bridgehead atoms. The van der Waals surface area contributed by atoms with Gasteiger partial charge >= 0.3 is 0 Å². The van der Waals surface area contributed by atoms with Crippen LogP contribution in [0.2, 0.25) is 0 Å². The molecule has 532 valence electrons. The van der Waals surface area contributed by atoms with Crippen molar-refractivity contribution in [3.8, 4) is 102 Å². The van der Waals surface area contributed by atoms with Crippen LogP contribution in [0.25, 0.3) is 233 Å². The van der Waals surface area contributed by atoms with Crippen molar-refractivity contribution in [2.24, 2.45) is 0 Å². The Hall–Kier alpha value is -15.7. The predicted molar refractivity (Wildman–Crippen MR) is 461 cm³/mol. The van der Waals surface area contributed by atoms with E-state index in [2.05, 4.69) is 252 Å². The Labute approximate surface area is 650 Å². The summed E-state index contributed by atoms with van der Waals surface area (Å²) in [5.41, 5.74) is 23.1. The Bertz CT molecular complexity index is 7980. The van der Waals surface area contributed by atoms with Gasteiger partial charge in [0.15, 0.2) is 29.1 Å². The average molecular weight is 1460 g/mol. The summed E-state index contributed by atoms with van der Waals surface area (Å²) in [7, 11) is 0. The summed E-state index contributed by atoms with van der Waals surface area (Å²) in [5, 5.41) is 13.3. The van der Waals surface area contributed by atoms with Crippen molar-refractivity contribution in [2.75, 3.05) is 0 Å². The fourth-order valence-electron chi connectivity index (χ4n) is 17.0. The van der Waals surface area contributed by atoms with E-state index < -0.39 is 0 Å². The van der Waals surface area contributed by atoms with Crippen LogP contribution in [0.5, 0.6) is 0 Å². The number of nitrogens with zero attached hydrogens (tertiary/aromatic N) is 8. The van der Waals surface area contributed by atoms with E-state index in [4.69, 9.17) is 47.6 Å². The third kappa shape index (κ3) is 10.5. The lowest BCUT2D eigenvalue weighted by Gasteiger charge is -2.14. The molecular formula is C102H60N8O4. The van der Waals surface area contributed by atoms with Crippen molar-refractivity contribution in [1.29, 1.82) is 0 Å². The number of hydrogen-bond acceptors (Lipinski definition) is 10. The Balaban J connectivity index is 0.000000135. The van der Waals surface area contributed by atoms with E-state index >= 15 is 0 Å². The SMILES string of the molecule is c1ccc(-c2nc(-c3ccc(-c4ccc5c(c4)oc4cccc(-c6ccccc6)c45)cc3)nc(-n3c4ccccc4c4c5c(ccc43)oc3ccccc35)n2)cc1.c1ccc(-c2nc(-c3ccc4c(c3)oc3cccc(-c5ccccc5)c34)nc(-c3ccccc3-n3c4ccccc4c4c5c(ccc43)oc3ccccc35)n2)cc1. The first-order valence-electron chi connectivity index (χ1n) is 38.0. The fraction of sp³-hybridized carbons (Fsp3) is 0. The minimum absolute atomic E-state index is 0.548. The number of benzene rings is 16. The van der Waals surface area contributed by atoms with E-state index in [0.29, 0.717) is 35.1 Å². The van der Waals surface area contributed by atoms with E-state index in [-0.39, 0.29) is 0 Å². The van der Waals surface area contributed by atoms with Crippen LogP contribution in [-0.2, 0) is 0 Å². The fourth-order valence-corrected chi connectivity index (χ4v) is 17.0. The summed E-state index contributed by atoms with van der Waals surface area (Å²) in [5.74, 6) is 3.47. The van der Waals surface area contributed by atoms with Gasteiger partial charge in [-0.3, -0.25) is 4.57 Å². The van der Waals surface area contributed by atoms with Gasteiger partial charge in [-0.15, -0.1) is 0 Å². The van der Waals surface area contributed by atoms with Crippen molar-refractivity contribution in [1.82, 2.24) is 39.0 Å². The minimum Gasteiger partial charge on any atom is -0.456 e. The maximum atomic E-state index is 6.53. The van der Waals surface area contributed by atoms with Gasteiger partial charge in [-0.05, 0) is 130 Å². The monoisotopic (exact) mass is 1460 g/mol. The lowest BCUT2D eigenvalue weighted by molar-refractivity contribution is 0.668. The lowest BCUT2D eigenvalue weighted by Crippen LogP contribution is -2.06. The van der Waals surface area contributed by atoms with Crippen molar-refractivity contribution >= 4 is 131 Å². The van der Waals surface area contributed by atoms with Crippen molar-refractivity contribution in [2.45, 2.75) is 0 Å². The zero-order valence-electron chi connectivity index (χ0n) is 60.9. The van der Waals surface area contributed by atoms with Crippen LogP contribution in [0.15, 0.2) is 382 Å². The molecule has 0 spiro atoms. The van der Waals surface area contributed by atoms with E-state index in [1.165, 1.54) is 11.1 Å². The number of rotatable bonds is 10. The molecule has 12 heteroatoms. The number of para-hydroxylation sites is 5. The maximum Gasteiger partial charge on any atom is 0.238 e. The van der Waals surface area contributed by atoms with E-state index in [9.17, 15) is 0 Å². The molecule has 0 aliphatic carbocycles. The molecule has 0 amide bonds. The van der Waals surface area contributed by atoms with Crippen molar-refractivity contribution in [3.63, 3.8) is 0 Å². The molecule has 0 saturated carbocycles. The molecule has 0 aliphatic rings. The first-order valence-corrected chi connectivity index (χ1v) is 38.0. The smallest absolute Gasteiger partial charge is 0.238 e. The average Bonchev–Trinajstić information content (AvgIpc) is 1.56. The van der Waals surface area contributed by atoms with Crippen LogP contribution < -0.4 is 0 Å². The van der Waals surface area contributed by atoms with Crippen LogP contribution in [-0.4, -0.2) is 39.0 Å². The zero-order chi connectivity index (χ0) is 74.9. The molecule has 24 rings (SSSR count). The summed E-state index contributed by atoms with van der Waals surface area (Å²) in [6.07, 6.45) is 0. The van der Waals surface area contributed by atoms with Crippen LogP contribution >= 0.6 is 0 Å². The van der Waals surface area contributed by atoms with Gasteiger partial charge < -0.3 is 22.2 Å². The summed E-state index contributed by atoms with van der Waals surface area (Å²) in [6.45, 7) is 0. The number of hydrogen-bond donors (Lipinski definition) is 0. The molecule has 0 atom stereocenters. The zero-order valence-corrected chi connectivity index (χ0v) is 60.9. The normalized spacial score (nSPS) is 11.9. The first-order chi connectivity index (χ1) is 56.5. The predicted octanol–water partition coefficient (Wildman–Crippen LogP) is 26.9. The van der Waals surface area contributed by atoms with Gasteiger partial charge in [0.05, 0.1) is 27.8 Å². The van der Waals surface area contributed by atoms with Gasteiger partial charge in [-0.2, -0.15) is 9.97 Å². The van der Waals surface area contributed by atoms with Gasteiger partial charge in [-0.25, -0.2) is 19.9 Å². The Kier molecular flexibility index (Phi) is 14.7. The summed E-state index contributed by atoms with van der Waals surface area (Å²) >= 11 is 0. The second-order valence-corrected chi connectivity index (χ2v) is 28.7. The van der Waals surface area contributed by atoms with Gasteiger partial charge in [0.2, 0.25) is 5.95 Å². The Morgan fingerprint density at radius 3 is 1.07 bits per heavy atom. The highest BCUT2D eigenvalue weighted by Gasteiger charge is 2.26. The topological polar surface area (TPSA) is 140 Å². The Morgan fingerprint density at radius 2 is 0.526 bits per heavy atom. The molecule has 12 nitrogen and oxygen atoms in total. The van der Waals surface area contributed by atoms with Crippen molar-refractivity contribution in [3.05, 3.63) is 364 Å². The molecule has 0 saturated heterocycles. The van der Waals surface area contributed by atoms with Crippen LogP contribution in [0, 0.1) is 0 Å². The van der Waals surface area contributed by atoms with E-state index in [1.54, 1.807) is 0 Å². The summed E-state index contributed by atoms with van der Waals surface area (Å²) in [6, 6.07) is 125. The number of aromatic nitrogens is 8. The molecule has 0 aliphatic heterocycles. The standard InChI is InChI=1S/2C51H30N4O2/c1-3-14-31(15-4-1)34-21-13-25-43-46(34)38-27-26-33(30-45(38)57-43)50-52-49(32-16-5-2-6-17-32)53-51(54-50)36-19-8-11-23-40(36)55-39-22-10-7-18-35(39)47-41(55)28-29-44-48(47)37-20-9-12-24-42(37)56-44;1-3-12-32(13-4-1)36-18-11-21-43-46(36)39-27-26-35(30-45(39)57-43)31-22-24-34(25-23-31)50-52-49(33-14-5-2-6-15-33)53-51(54-50)55-40-19-9-7-16-37(40)47-41(55)28-29-44-48(47)38-17-8-10-20-42(38)56-44/h2*1-30H. The molecule has 0 unspecified atom stereocenters. The summed E-state index contributed by atoms with van der Waals surface area (Å²) in [4.78, 5) is 30.9. The highest BCUT2D eigenvalue weighted by atomic mass is 16.3.